The Hall–Kier alpha value is -1.69. The van der Waals surface area contributed by atoms with Crippen LogP contribution in [0.1, 0.15) is 26.3 Å². The Morgan fingerprint density at radius 2 is 0.688 bits per heavy atom. The second-order valence-electron chi connectivity index (χ2n) is 8.86. The molecule has 0 aliphatic heterocycles. The molecule has 0 heterocycles. The fraction of sp³-hybridized carbons (Fsp3) is 0.182. The predicted molar refractivity (Wildman–Crippen MR) is 150 cm³/mol. The summed E-state index contributed by atoms with van der Waals surface area (Å²) in [5, 5.41) is 0. The molecule has 10 heteroatoms. The van der Waals surface area contributed by atoms with Crippen LogP contribution in [-0.4, -0.2) is 78.5 Å². The zero-order valence-electron chi connectivity index (χ0n) is 18.5. The first-order valence-corrected chi connectivity index (χ1v) is 9.88. The smallest absolute Gasteiger partial charge is 0.112 e. The van der Waals surface area contributed by atoms with E-state index >= 15 is 0 Å². The second-order valence-corrected chi connectivity index (χ2v) is 8.86. The van der Waals surface area contributed by atoms with Crippen molar-refractivity contribution >= 4 is 133 Å². The number of hydrogen-bond acceptors (Lipinski definition) is 0. The summed E-state index contributed by atoms with van der Waals surface area (Å²) >= 11 is 0. The minimum Gasteiger partial charge on any atom is -0.112 e. The van der Waals surface area contributed by atoms with Crippen molar-refractivity contribution in [3.8, 4) is 22.3 Å². The van der Waals surface area contributed by atoms with E-state index in [1.807, 2.05) is 39.0 Å². The number of hydrogen-bond donors (Lipinski definition) is 0. The number of benzene rings is 3. The third-order valence-electron chi connectivity index (χ3n) is 5.75. The van der Waals surface area contributed by atoms with Crippen LogP contribution in [0.3, 0.4) is 0 Å². The molecule has 3 aromatic carbocycles. The molecule has 3 rings (SSSR count). The normalized spacial score (nSPS) is 11.6. The quantitative estimate of drug-likeness (QED) is 0.387. The Morgan fingerprint density at radius 1 is 0.438 bits per heavy atom. The molecule has 0 unspecified atom stereocenters. The average molecular weight is 384 g/mol. The summed E-state index contributed by atoms with van der Waals surface area (Å²) in [6, 6.07) is 5.57. The van der Waals surface area contributed by atoms with Crippen molar-refractivity contribution in [1.29, 1.82) is 0 Å². The molecule has 0 bridgehead atoms. The lowest BCUT2D eigenvalue weighted by Crippen LogP contribution is -2.55. The molecule has 0 N–H and O–H groups in total. The summed E-state index contributed by atoms with van der Waals surface area (Å²) in [5.41, 5.74) is 4.64. The molecular weight excluding hydrogens is 372 g/mol. The standard InChI is InChI=1S/C22H12B10/c1-22(2,3)11-7(9-12(23)16(27)20(31)17(28)13(9)24)5-4-6-8(11)10-14(25)18(29)21(32)19(30)15(10)26/h4-6H,1-3H3. The van der Waals surface area contributed by atoms with E-state index in [2.05, 4.69) is 0 Å². The van der Waals surface area contributed by atoms with Crippen LogP contribution in [-0.2, 0) is 5.41 Å². The molecule has 130 valence electrons. The number of rotatable bonds is 2. The highest BCUT2D eigenvalue weighted by molar-refractivity contribution is 6.70. The Kier molecular flexibility index (Phi) is 6.69. The van der Waals surface area contributed by atoms with Crippen LogP contribution in [0.5, 0.6) is 0 Å². The van der Waals surface area contributed by atoms with Crippen LogP contribution in [0.2, 0.25) is 0 Å². The van der Waals surface area contributed by atoms with Gasteiger partial charge in [0.2, 0.25) is 0 Å². The molecule has 20 radical (unpaired) electrons. The van der Waals surface area contributed by atoms with Gasteiger partial charge in [-0.25, -0.2) is 0 Å². The molecule has 0 atom stereocenters. The lowest BCUT2D eigenvalue weighted by atomic mass is 9.57. The van der Waals surface area contributed by atoms with Gasteiger partial charge < -0.3 is 0 Å². The van der Waals surface area contributed by atoms with Gasteiger partial charge in [-0.3, -0.25) is 0 Å². The van der Waals surface area contributed by atoms with Gasteiger partial charge >= 0.3 is 0 Å². The molecule has 0 saturated heterocycles. The third-order valence-corrected chi connectivity index (χ3v) is 5.75. The summed E-state index contributed by atoms with van der Waals surface area (Å²) < 4.78 is 0. The molecule has 32 heavy (non-hydrogen) atoms. The summed E-state index contributed by atoms with van der Waals surface area (Å²) in [6.07, 6.45) is 0. The Bertz CT molecular complexity index is 1110. The maximum atomic E-state index is 6.37. The Labute approximate surface area is 205 Å². The largest absolute Gasteiger partial charge is 0.113 e. The van der Waals surface area contributed by atoms with Gasteiger partial charge in [0.25, 0.3) is 0 Å². The molecule has 0 saturated carbocycles. The van der Waals surface area contributed by atoms with Crippen LogP contribution < -0.4 is 54.6 Å². The first-order chi connectivity index (χ1) is 14.7. The first-order valence-electron chi connectivity index (χ1n) is 9.88. The molecule has 0 nitrogen and oxygen atoms in total. The third kappa shape index (κ3) is 3.82. The van der Waals surface area contributed by atoms with Crippen LogP contribution >= 0.6 is 0 Å². The van der Waals surface area contributed by atoms with Crippen LogP contribution in [0, 0.1) is 0 Å². The van der Waals surface area contributed by atoms with E-state index in [1.165, 1.54) is 0 Å². The molecule has 3 aromatic rings. The van der Waals surface area contributed by atoms with Gasteiger partial charge in [0.15, 0.2) is 0 Å². The average Bonchev–Trinajstić information content (AvgIpc) is 2.73. The summed E-state index contributed by atoms with van der Waals surface area (Å²) in [6.45, 7) is 6.09. The molecular formula is C22H12B10. The van der Waals surface area contributed by atoms with E-state index in [0.717, 1.165) is 5.56 Å². The van der Waals surface area contributed by atoms with Crippen molar-refractivity contribution in [3.63, 3.8) is 0 Å². The maximum Gasteiger partial charge on any atom is 0.113 e. The lowest BCUT2D eigenvalue weighted by Gasteiger charge is -2.32. The first kappa shape index (κ1) is 24.9. The maximum absolute atomic E-state index is 6.37. The molecule has 0 aromatic heterocycles. The Morgan fingerprint density at radius 3 is 0.938 bits per heavy atom. The summed E-state index contributed by atoms with van der Waals surface area (Å²) in [7, 11) is 62.0. The van der Waals surface area contributed by atoms with Gasteiger partial charge in [-0.2, -0.15) is 0 Å². The molecule has 0 amide bonds. The fourth-order valence-corrected chi connectivity index (χ4v) is 4.06. The second kappa shape index (κ2) is 8.58. The lowest BCUT2D eigenvalue weighted by molar-refractivity contribution is 0.594. The van der Waals surface area contributed by atoms with E-state index in [1.54, 1.807) is 0 Å². The highest BCUT2D eigenvalue weighted by atomic mass is 14.3. The minimum atomic E-state index is -0.431. The van der Waals surface area contributed by atoms with Crippen molar-refractivity contribution < 1.29 is 0 Å². The van der Waals surface area contributed by atoms with E-state index in [4.69, 9.17) is 78.5 Å². The van der Waals surface area contributed by atoms with Gasteiger partial charge in [0.1, 0.15) is 78.5 Å². The minimum absolute atomic E-state index is 0.143. The van der Waals surface area contributed by atoms with Crippen molar-refractivity contribution in [2.24, 2.45) is 0 Å². The van der Waals surface area contributed by atoms with Crippen molar-refractivity contribution in [2.75, 3.05) is 0 Å². The molecule has 0 aliphatic carbocycles. The van der Waals surface area contributed by atoms with Crippen LogP contribution in [0.15, 0.2) is 18.2 Å². The van der Waals surface area contributed by atoms with Gasteiger partial charge in [0, 0.05) is 0 Å². The van der Waals surface area contributed by atoms with Gasteiger partial charge in [-0.1, -0.05) is 60.8 Å². The zero-order chi connectivity index (χ0) is 24.3. The van der Waals surface area contributed by atoms with Crippen molar-refractivity contribution in [3.05, 3.63) is 23.8 Å². The van der Waals surface area contributed by atoms with Crippen LogP contribution in [0.4, 0.5) is 0 Å². The molecule has 0 aliphatic rings. The topological polar surface area (TPSA) is 0 Å². The SMILES string of the molecule is [B]c1c([B])c([B])c(-c2cccc(-c3c([B])c([B])c([B])c([B])c3[B])c2C(C)(C)C)c([B])c1[B]. The monoisotopic (exact) mass is 386 g/mol. The highest BCUT2D eigenvalue weighted by Gasteiger charge is 2.27. The van der Waals surface area contributed by atoms with Crippen molar-refractivity contribution in [1.82, 2.24) is 0 Å². The van der Waals surface area contributed by atoms with E-state index in [9.17, 15) is 0 Å². The van der Waals surface area contributed by atoms with Crippen LogP contribution in [0.25, 0.3) is 22.3 Å². The molecule has 0 spiro atoms. The van der Waals surface area contributed by atoms with E-state index in [0.29, 0.717) is 22.3 Å². The zero-order valence-corrected chi connectivity index (χ0v) is 18.5. The van der Waals surface area contributed by atoms with Gasteiger partial charge in [-0.15, -0.1) is 32.8 Å². The summed E-state index contributed by atoms with van der Waals surface area (Å²) in [5.74, 6) is 0. The van der Waals surface area contributed by atoms with Crippen molar-refractivity contribution in [2.45, 2.75) is 26.2 Å². The predicted octanol–water partition coefficient (Wildman–Crippen LogP) is -5.74. The van der Waals surface area contributed by atoms with Gasteiger partial charge in [0.05, 0.1) is 0 Å². The van der Waals surface area contributed by atoms with E-state index in [-0.39, 0.29) is 54.6 Å². The summed E-state index contributed by atoms with van der Waals surface area (Å²) in [4.78, 5) is 0. The molecule has 0 fully saturated rings. The van der Waals surface area contributed by atoms with E-state index < -0.39 is 5.41 Å². The highest BCUT2D eigenvalue weighted by Crippen LogP contribution is 2.38. The Balaban J connectivity index is 2.55. The van der Waals surface area contributed by atoms with Gasteiger partial charge in [-0.05, 0) is 33.2 Å². The fourth-order valence-electron chi connectivity index (χ4n) is 4.06.